The standard InChI is InChI=1S/C22H20N4O3S/c27-15(11-23-12-20-24-17-6-1-2-7-18(17)25-20)13-28-16-5-3-4-14(10-16)21-22-19(29-26-21)8-9-30-22/h1-10,15,23,27H,11-13H2,(H,24,25). The third-order valence-corrected chi connectivity index (χ3v) is 5.64. The van der Waals surface area contributed by atoms with Crippen LogP contribution in [-0.4, -0.2) is 39.5 Å². The summed E-state index contributed by atoms with van der Waals surface area (Å²) in [5, 5.41) is 19.6. The number of imidazole rings is 1. The fraction of sp³-hybridized carbons (Fsp3) is 0.182. The Morgan fingerprint density at radius 1 is 1.17 bits per heavy atom. The van der Waals surface area contributed by atoms with Crippen LogP contribution in [0.4, 0.5) is 0 Å². The number of hydrogen-bond acceptors (Lipinski definition) is 7. The number of rotatable bonds is 8. The second-order valence-electron chi connectivity index (χ2n) is 6.97. The topological polar surface area (TPSA) is 96.2 Å². The van der Waals surface area contributed by atoms with Crippen LogP contribution in [0.3, 0.4) is 0 Å². The normalized spacial score (nSPS) is 12.6. The van der Waals surface area contributed by atoms with Gasteiger partial charge in [0.1, 0.15) is 34.7 Å². The number of aromatic amines is 1. The van der Waals surface area contributed by atoms with Gasteiger partial charge in [-0.1, -0.05) is 29.4 Å². The van der Waals surface area contributed by atoms with Gasteiger partial charge in [-0.05, 0) is 35.7 Å². The number of nitrogens with one attached hydrogen (secondary N) is 2. The van der Waals surface area contributed by atoms with Gasteiger partial charge in [-0.3, -0.25) is 0 Å². The molecule has 0 aliphatic heterocycles. The number of aromatic nitrogens is 3. The van der Waals surface area contributed by atoms with E-state index in [1.165, 1.54) is 0 Å². The third kappa shape index (κ3) is 3.93. The Labute approximate surface area is 176 Å². The lowest BCUT2D eigenvalue weighted by Gasteiger charge is -2.13. The second kappa shape index (κ2) is 8.27. The van der Waals surface area contributed by atoms with Crippen LogP contribution in [0.1, 0.15) is 5.82 Å². The zero-order chi connectivity index (χ0) is 20.3. The van der Waals surface area contributed by atoms with Crippen LogP contribution in [-0.2, 0) is 6.54 Å². The van der Waals surface area contributed by atoms with E-state index < -0.39 is 6.10 Å². The van der Waals surface area contributed by atoms with Gasteiger partial charge in [-0.25, -0.2) is 4.98 Å². The van der Waals surface area contributed by atoms with Gasteiger partial charge in [-0.15, -0.1) is 11.3 Å². The Hall–Kier alpha value is -3.20. The summed E-state index contributed by atoms with van der Waals surface area (Å²) >= 11 is 1.59. The molecule has 1 unspecified atom stereocenters. The quantitative estimate of drug-likeness (QED) is 0.352. The number of aliphatic hydroxyl groups is 1. The molecular formula is C22H20N4O3S. The van der Waals surface area contributed by atoms with Crippen LogP contribution >= 0.6 is 11.3 Å². The van der Waals surface area contributed by atoms with Crippen molar-refractivity contribution < 1.29 is 14.4 Å². The molecule has 152 valence electrons. The van der Waals surface area contributed by atoms with Gasteiger partial charge in [0.25, 0.3) is 0 Å². The number of thiophene rings is 1. The summed E-state index contributed by atoms with van der Waals surface area (Å²) in [6, 6.07) is 17.4. The second-order valence-corrected chi connectivity index (χ2v) is 7.89. The summed E-state index contributed by atoms with van der Waals surface area (Å²) in [6.07, 6.45) is -0.644. The predicted octanol–water partition coefficient (Wildman–Crippen LogP) is 3.96. The van der Waals surface area contributed by atoms with Crippen molar-refractivity contribution in [3.8, 4) is 17.0 Å². The number of ether oxygens (including phenoxy) is 1. The highest BCUT2D eigenvalue weighted by Gasteiger charge is 2.13. The molecule has 0 saturated carbocycles. The Balaban J connectivity index is 1.14. The molecule has 0 saturated heterocycles. The fourth-order valence-electron chi connectivity index (χ4n) is 3.29. The SMILES string of the molecule is OC(CNCc1nc2ccccc2[nH]1)COc1cccc(-c2noc3ccsc23)c1. The number of nitrogens with zero attached hydrogens (tertiary/aromatic N) is 2. The van der Waals surface area contributed by atoms with E-state index in [9.17, 15) is 5.11 Å². The molecule has 5 aromatic rings. The fourth-order valence-corrected chi connectivity index (χ4v) is 4.11. The number of para-hydroxylation sites is 2. The van der Waals surface area contributed by atoms with Crippen LogP contribution in [0, 0.1) is 0 Å². The van der Waals surface area contributed by atoms with Gasteiger partial charge >= 0.3 is 0 Å². The third-order valence-electron chi connectivity index (χ3n) is 4.74. The highest BCUT2D eigenvalue weighted by atomic mass is 32.1. The molecule has 0 spiro atoms. The lowest BCUT2D eigenvalue weighted by Crippen LogP contribution is -2.31. The average molecular weight is 420 g/mol. The van der Waals surface area contributed by atoms with Gasteiger partial charge in [-0.2, -0.15) is 0 Å². The van der Waals surface area contributed by atoms with E-state index in [1.807, 2.05) is 60.0 Å². The number of fused-ring (bicyclic) bond motifs is 2. The molecule has 2 aromatic carbocycles. The van der Waals surface area contributed by atoms with Crippen molar-refractivity contribution in [1.29, 1.82) is 0 Å². The molecule has 0 aliphatic carbocycles. The molecule has 30 heavy (non-hydrogen) atoms. The van der Waals surface area contributed by atoms with Crippen molar-refractivity contribution in [2.24, 2.45) is 0 Å². The van der Waals surface area contributed by atoms with Crippen molar-refractivity contribution in [3.05, 3.63) is 65.8 Å². The maximum absolute atomic E-state index is 10.3. The zero-order valence-corrected chi connectivity index (χ0v) is 16.9. The summed E-state index contributed by atoms with van der Waals surface area (Å²) in [5.41, 5.74) is 4.45. The lowest BCUT2D eigenvalue weighted by molar-refractivity contribution is 0.106. The number of aliphatic hydroxyl groups excluding tert-OH is 1. The molecular weight excluding hydrogens is 400 g/mol. The van der Waals surface area contributed by atoms with Crippen molar-refractivity contribution in [1.82, 2.24) is 20.4 Å². The van der Waals surface area contributed by atoms with Crippen LogP contribution in [0.2, 0.25) is 0 Å². The van der Waals surface area contributed by atoms with Gasteiger partial charge < -0.3 is 24.7 Å². The Bertz CT molecular complexity index is 1240. The average Bonchev–Trinajstić information content (AvgIpc) is 3.47. The van der Waals surface area contributed by atoms with Crippen LogP contribution < -0.4 is 10.1 Å². The first-order valence-corrected chi connectivity index (χ1v) is 10.5. The smallest absolute Gasteiger partial charge is 0.178 e. The number of H-pyrrole nitrogens is 1. The molecule has 0 radical (unpaired) electrons. The van der Waals surface area contributed by atoms with Gasteiger partial charge in [0.05, 0.1) is 17.6 Å². The van der Waals surface area contributed by atoms with Crippen LogP contribution in [0.5, 0.6) is 5.75 Å². The molecule has 0 aliphatic rings. The first kappa shape index (κ1) is 18.8. The van der Waals surface area contributed by atoms with Gasteiger partial charge in [0, 0.05) is 12.1 Å². The minimum absolute atomic E-state index is 0.184. The zero-order valence-electron chi connectivity index (χ0n) is 16.0. The highest BCUT2D eigenvalue weighted by molar-refractivity contribution is 7.17. The van der Waals surface area contributed by atoms with Gasteiger partial charge in [0.15, 0.2) is 5.58 Å². The van der Waals surface area contributed by atoms with E-state index in [2.05, 4.69) is 20.4 Å². The van der Waals surface area contributed by atoms with Gasteiger partial charge in [0.2, 0.25) is 0 Å². The van der Waals surface area contributed by atoms with E-state index in [1.54, 1.807) is 11.3 Å². The maximum atomic E-state index is 10.3. The summed E-state index contributed by atoms with van der Waals surface area (Å²) in [6.45, 7) is 1.13. The molecule has 3 heterocycles. The van der Waals surface area contributed by atoms with Crippen molar-refractivity contribution >= 4 is 32.7 Å². The van der Waals surface area contributed by atoms with E-state index in [4.69, 9.17) is 9.26 Å². The van der Waals surface area contributed by atoms with E-state index in [0.717, 1.165) is 38.4 Å². The Kier molecular flexibility index (Phi) is 5.18. The van der Waals surface area contributed by atoms with Crippen molar-refractivity contribution in [2.75, 3.05) is 13.2 Å². The molecule has 0 fully saturated rings. The monoisotopic (exact) mass is 420 g/mol. The summed E-state index contributed by atoms with van der Waals surface area (Å²) in [5.74, 6) is 1.51. The van der Waals surface area contributed by atoms with E-state index >= 15 is 0 Å². The first-order valence-electron chi connectivity index (χ1n) is 9.65. The van der Waals surface area contributed by atoms with Crippen molar-refractivity contribution in [3.63, 3.8) is 0 Å². The molecule has 0 bridgehead atoms. The molecule has 7 nitrogen and oxygen atoms in total. The number of hydrogen-bond donors (Lipinski definition) is 3. The largest absolute Gasteiger partial charge is 0.491 e. The highest BCUT2D eigenvalue weighted by Crippen LogP contribution is 2.33. The lowest BCUT2D eigenvalue weighted by atomic mass is 10.1. The minimum atomic E-state index is -0.644. The Morgan fingerprint density at radius 2 is 2.10 bits per heavy atom. The Morgan fingerprint density at radius 3 is 3.03 bits per heavy atom. The van der Waals surface area contributed by atoms with Crippen LogP contribution in [0.25, 0.3) is 32.6 Å². The van der Waals surface area contributed by atoms with Crippen LogP contribution in [0.15, 0.2) is 64.5 Å². The van der Waals surface area contributed by atoms with Crippen molar-refractivity contribution in [2.45, 2.75) is 12.6 Å². The molecule has 1 atom stereocenters. The molecule has 3 N–H and O–H groups in total. The summed E-state index contributed by atoms with van der Waals surface area (Å²) in [7, 11) is 0. The minimum Gasteiger partial charge on any atom is -0.491 e. The molecule has 0 amide bonds. The number of benzene rings is 2. The molecule has 5 rings (SSSR count). The first-order chi connectivity index (χ1) is 14.8. The van der Waals surface area contributed by atoms with E-state index in [-0.39, 0.29) is 6.61 Å². The summed E-state index contributed by atoms with van der Waals surface area (Å²) < 4.78 is 12.1. The summed E-state index contributed by atoms with van der Waals surface area (Å²) in [4.78, 5) is 7.77. The molecule has 8 heteroatoms. The predicted molar refractivity (Wildman–Crippen MR) is 117 cm³/mol. The van der Waals surface area contributed by atoms with E-state index in [0.29, 0.717) is 18.8 Å². The maximum Gasteiger partial charge on any atom is 0.178 e. The molecule has 3 aromatic heterocycles.